The first kappa shape index (κ1) is 11.6. The second-order valence-electron chi connectivity index (χ2n) is 4.05. The van der Waals surface area contributed by atoms with Gasteiger partial charge in [0.2, 0.25) is 0 Å². The quantitative estimate of drug-likeness (QED) is 0.693. The number of thiophene rings is 1. The standard InChI is InChI=1S/C13H8Br2OS/c14-10-6-11(17-13(10)15)12(16)9-5-7-3-1-2-4-8(7)9/h1-4,6,9H,5H2. The van der Waals surface area contributed by atoms with Gasteiger partial charge in [-0.2, -0.15) is 0 Å². The van der Waals surface area contributed by atoms with Crippen molar-refractivity contribution >= 4 is 49.0 Å². The van der Waals surface area contributed by atoms with Crippen LogP contribution in [0, 0.1) is 0 Å². The molecule has 1 atom stereocenters. The lowest BCUT2D eigenvalue weighted by Crippen LogP contribution is -2.24. The van der Waals surface area contributed by atoms with Gasteiger partial charge in [0.1, 0.15) is 0 Å². The van der Waals surface area contributed by atoms with Crippen molar-refractivity contribution < 1.29 is 4.79 Å². The van der Waals surface area contributed by atoms with Crippen LogP contribution in [0.3, 0.4) is 0 Å². The molecule has 2 aromatic rings. The Labute approximate surface area is 120 Å². The lowest BCUT2D eigenvalue weighted by molar-refractivity contribution is 0.0953. The summed E-state index contributed by atoms with van der Waals surface area (Å²) < 4.78 is 1.94. The molecule has 0 radical (unpaired) electrons. The van der Waals surface area contributed by atoms with E-state index in [0.717, 1.165) is 19.6 Å². The van der Waals surface area contributed by atoms with E-state index in [1.165, 1.54) is 22.5 Å². The summed E-state index contributed by atoms with van der Waals surface area (Å²) in [7, 11) is 0. The number of Topliss-reactive ketones (excluding diaryl/α,β-unsaturated/α-hetero) is 1. The third-order valence-corrected chi connectivity index (χ3v) is 6.33. The van der Waals surface area contributed by atoms with Crippen LogP contribution in [0.1, 0.15) is 26.7 Å². The second kappa shape index (κ2) is 4.34. The molecule has 0 amide bonds. The van der Waals surface area contributed by atoms with Crippen molar-refractivity contribution in [3.63, 3.8) is 0 Å². The Kier molecular flexibility index (Phi) is 2.97. The fourth-order valence-electron chi connectivity index (χ4n) is 2.13. The predicted molar refractivity (Wildman–Crippen MR) is 76.9 cm³/mol. The molecule has 1 aliphatic carbocycles. The lowest BCUT2D eigenvalue weighted by atomic mass is 9.75. The zero-order valence-electron chi connectivity index (χ0n) is 8.74. The maximum Gasteiger partial charge on any atom is 0.180 e. The molecular weight excluding hydrogens is 364 g/mol. The molecule has 4 heteroatoms. The average molecular weight is 372 g/mol. The number of carbonyl (C=O) groups excluding carboxylic acids is 1. The van der Waals surface area contributed by atoms with E-state index in [1.54, 1.807) is 0 Å². The highest BCUT2D eigenvalue weighted by molar-refractivity contribution is 9.13. The minimum absolute atomic E-state index is 0.0589. The fraction of sp³-hybridized carbons (Fsp3) is 0.154. The van der Waals surface area contributed by atoms with Crippen molar-refractivity contribution in [1.29, 1.82) is 0 Å². The normalized spacial score (nSPS) is 17.4. The van der Waals surface area contributed by atoms with Crippen molar-refractivity contribution in [1.82, 2.24) is 0 Å². The van der Waals surface area contributed by atoms with E-state index in [2.05, 4.69) is 44.0 Å². The Morgan fingerprint density at radius 1 is 1.29 bits per heavy atom. The third kappa shape index (κ3) is 1.92. The molecule has 0 aliphatic heterocycles. The number of hydrogen-bond donors (Lipinski definition) is 0. The molecule has 3 rings (SSSR count). The first-order chi connectivity index (χ1) is 8.16. The zero-order chi connectivity index (χ0) is 12.0. The van der Waals surface area contributed by atoms with Crippen LogP contribution in [0.25, 0.3) is 0 Å². The van der Waals surface area contributed by atoms with E-state index in [4.69, 9.17) is 0 Å². The van der Waals surface area contributed by atoms with Gasteiger partial charge in [0.15, 0.2) is 5.78 Å². The monoisotopic (exact) mass is 370 g/mol. The first-order valence-electron chi connectivity index (χ1n) is 5.23. The highest BCUT2D eigenvalue weighted by Crippen LogP contribution is 2.40. The molecule has 0 fully saturated rings. The van der Waals surface area contributed by atoms with Gasteiger partial charge in [0, 0.05) is 4.47 Å². The number of fused-ring (bicyclic) bond motifs is 1. The summed E-state index contributed by atoms with van der Waals surface area (Å²) in [4.78, 5) is 13.1. The topological polar surface area (TPSA) is 17.1 Å². The highest BCUT2D eigenvalue weighted by atomic mass is 79.9. The summed E-state index contributed by atoms with van der Waals surface area (Å²) in [5, 5.41) is 0. The van der Waals surface area contributed by atoms with Gasteiger partial charge in [-0.25, -0.2) is 0 Å². The van der Waals surface area contributed by atoms with Gasteiger partial charge in [-0.1, -0.05) is 24.3 Å². The maximum absolute atomic E-state index is 12.3. The number of rotatable bonds is 2. The Hall–Kier alpha value is -0.450. The molecule has 1 aromatic heterocycles. The number of benzene rings is 1. The highest BCUT2D eigenvalue weighted by Gasteiger charge is 2.33. The van der Waals surface area contributed by atoms with Crippen molar-refractivity contribution in [3.8, 4) is 0 Å². The van der Waals surface area contributed by atoms with Crippen molar-refractivity contribution in [2.75, 3.05) is 0 Å². The van der Waals surface area contributed by atoms with E-state index in [9.17, 15) is 4.79 Å². The predicted octanol–water partition coefficient (Wildman–Crippen LogP) is 4.80. The first-order valence-corrected chi connectivity index (χ1v) is 7.64. The van der Waals surface area contributed by atoms with Crippen molar-refractivity contribution in [3.05, 3.63) is 54.6 Å². The van der Waals surface area contributed by atoms with Crippen LogP contribution in [0.15, 0.2) is 38.6 Å². The van der Waals surface area contributed by atoms with Crippen LogP contribution in [-0.2, 0) is 6.42 Å². The number of ketones is 1. The lowest BCUT2D eigenvalue weighted by Gasteiger charge is -2.28. The molecule has 0 bridgehead atoms. The summed E-state index contributed by atoms with van der Waals surface area (Å²) in [5.41, 5.74) is 2.50. The largest absolute Gasteiger partial charge is 0.293 e. The SMILES string of the molecule is O=C(c1cc(Br)c(Br)s1)C1Cc2ccccc21. The van der Waals surface area contributed by atoms with E-state index in [0.29, 0.717) is 0 Å². The molecule has 1 nitrogen and oxygen atoms in total. The average Bonchev–Trinajstić information content (AvgIpc) is 2.61. The third-order valence-electron chi connectivity index (χ3n) is 3.06. The van der Waals surface area contributed by atoms with Gasteiger partial charge in [-0.3, -0.25) is 4.79 Å². The number of hydrogen-bond acceptors (Lipinski definition) is 2. The van der Waals surface area contributed by atoms with E-state index < -0.39 is 0 Å². The summed E-state index contributed by atoms with van der Waals surface area (Å²) in [5.74, 6) is 0.295. The summed E-state index contributed by atoms with van der Waals surface area (Å²) in [6, 6.07) is 10.1. The molecule has 1 aliphatic rings. The van der Waals surface area contributed by atoms with Crippen molar-refractivity contribution in [2.45, 2.75) is 12.3 Å². The number of halogens is 2. The van der Waals surface area contributed by atoms with Crippen LogP contribution in [0.2, 0.25) is 0 Å². The van der Waals surface area contributed by atoms with Gasteiger partial charge < -0.3 is 0 Å². The zero-order valence-corrected chi connectivity index (χ0v) is 12.7. The minimum Gasteiger partial charge on any atom is -0.293 e. The fourth-order valence-corrected chi connectivity index (χ4v) is 4.16. The smallest absolute Gasteiger partial charge is 0.180 e. The Morgan fingerprint density at radius 2 is 2.06 bits per heavy atom. The van der Waals surface area contributed by atoms with E-state index >= 15 is 0 Å². The molecule has 1 aromatic carbocycles. The molecule has 1 unspecified atom stereocenters. The van der Waals surface area contributed by atoms with Crippen LogP contribution in [0.4, 0.5) is 0 Å². The summed E-state index contributed by atoms with van der Waals surface area (Å²) in [6.07, 6.45) is 0.877. The summed E-state index contributed by atoms with van der Waals surface area (Å²) in [6.45, 7) is 0. The molecule has 0 spiro atoms. The van der Waals surface area contributed by atoms with Gasteiger partial charge in [-0.15, -0.1) is 11.3 Å². The number of carbonyl (C=O) groups is 1. The van der Waals surface area contributed by atoms with Crippen molar-refractivity contribution in [2.24, 2.45) is 0 Å². The van der Waals surface area contributed by atoms with Crippen LogP contribution >= 0.6 is 43.2 Å². The Morgan fingerprint density at radius 3 is 2.71 bits per heavy atom. The van der Waals surface area contributed by atoms with Crippen LogP contribution in [0.5, 0.6) is 0 Å². The molecular formula is C13H8Br2OS. The molecule has 86 valence electrons. The summed E-state index contributed by atoms with van der Waals surface area (Å²) >= 11 is 8.34. The van der Waals surface area contributed by atoms with Gasteiger partial charge in [-0.05, 0) is 55.5 Å². The van der Waals surface area contributed by atoms with Gasteiger partial charge >= 0.3 is 0 Å². The molecule has 1 heterocycles. The molecule has 0 saturated carbocycles. The van der Waals surface area contributed by atoms with E-state index in [1.807, 2.05) is 18.2 Å². The maximum atomic E-state index is 12.3. The van der Waals surface area contributed by atoms with E-state index in [-0.39, 0.29) is 11.7 Å². The molecule has 17 heavy (non-hydrogen) atoms. The minimum atomic E-state index is 0.0589. The van der Waals surface area contributed by atoms with Gasteiger partial charge in [0.05, 0.1) is 14.6 Å². The van der Waals surface area contributed by atoms with Gasteiger partial charge in [0.25, 0.3) is 0 Å². The van der Waals surface area contributed by atoms with Crippen LogP contribution in [-0.4, -0.2) is 5.78 Å². The molecule has 0 saturated heterocycles. The second-order valence-corrected chi connectivity index (χ2v) is 7.28. The molecule has 0 N–H and O–H groups in total. The Balaban J connectivity index is 1.91. The van der Waals surface area contributed by atoms with Crippen LogP contribution < -0.4 is 0 Å². The Bertz CT molecular complexity index is 584.